The number of rotatable bonds is 4. The number of nitrogens with zero attached hydrogens (tertiary/aromatic N) is 1. The second-order valence-electron chi connectivity index (χ2n) is 4.22. The van der Waals surface area contributed by atoms with Crippen LogP contribution < -0.4 is 10.6 Å². The number of nitrogens with one attached hydrogen (secondary N) is 2. The van der Waals surface area contributed by atoms with Crippen molar-refractivity contribution < 1.29 is 4.74 Å². The molecule has 0 spiro atoms. The Morgan fingerprint density at radius 3 is 2.93 bits per heavy atom. The minimum atomic E-state index is 0.258. The van der Waals surface area contributed by atoms with Crippen LogP contribution in [0.15, 0.2) is 0 Å². The third-order valence-electron chi connectivity index (χ3n) is 2.52. The van der Waals surface area contributed by atoms with E-state index in [9.17, 15) is 0 Å². The quantitative estimate of drug-likeness (QED) is 0.676. The highest BCUT2D eigenvalue weighted by Crippen LogP contribution is 2.05. The van der Waals surface area contributed by atoms with E-state index in [-0.39, 0.29) is 6.04 Å². The lowest BCUT2D eigenvalue weighted by Gasteiger charge is -2.19. The van der Waals surface area contributed by atoms with Crippen LogP contribution in [0.2, 0.25) is 0 Å². The largest absolute Gasteiger partial charge is 0.383 e. The van der Waals surface area contributed by atoms with E-state index in [1.54, 1.807) is 7.11 Å². The molecule has 1 aliphatic rings. The first kappa shape index (κ1) is 12.7. The third-order valence-corrected chi connectivity index (χ3v) is 2.76. The fraction of sp³-hybridized carbons (Fsp3) is 0.900. The van der Waals surface area contributed by atoms with Gasteiger partial charge in [0.15, 0.2) is 5.11 Å². The molecule has 0 radical (unpaired) electrons. The molecule has 15 heavy (non-hydrogen) atoms. The lowest BCUT2D eigenvalue weighted by atomic mass is 10.3. The minimum Gasteiger partial charge on any atom is -0.383 e. The van der Waals surface area contributed by atoms with Crippen molar-refractivity contribution in [2.24, 2.45) is 0 Å². The van der Waals surface area contributed by atoms with Gasteiger partial charge in [-0.2, -0.15) is 0 Å². The SMILES string of the molecule is COCC(C)NC(=S)NC1CCN(C)C1. The third kappa shape index (κ3) is 4.77. The second-order valence-corrected chi connectivity index (χ2v) is 4.63. The molecule has 0 bridgehead atoms. The summed E-state index contributed by atoms with van der Waals surface area (Å²) in [5.74, 6) is 0. The topological polar surface area (TPSA) is 36.5 Å². The van der Waals surface area contributed by atoms with Gasteiger partial charge in [-0.1, -0.05) is 0 Å². The van der Waals surface area contributed by atoms with Crippen LogP contribution in [0.25, 0.3) is 0 Å². The molecule has 0 aromatic carbocycles. The molecule has 2 N–H and O–H groups in total. The van der Waals surface area contributed by atoms with E-state index in [0.717, 1.165) is 24.6 Å². The average molecular weight is 231 g/mol. The fourth-order valence-electron chi connectivity index (χ4n) is 1.80. The zero-order valence-electron chi connectivity index (χ0n) is 9.75. The van der Waals surface area contributed by atoms with Crippen LogP contribution in [0.1, 0.15) is 13.3 Å². The predicted octanol–water partition coefficient (Wildman–Crippen LogP) is 0.190. The molecule has 0 aromatic rings. The van der Waals surface area contributed by atoms with E-state index < -0.39 is 0 Å². The maximum atomic E-state index is 5.22. The molecular formula is C10H21N3OS. The molecule has 5 heteroatoms. The Kier molecular flexibility index (Phi) is 5.28. The van der Waals surface area contributed by atoms with Crippen LogP contribution >= 0.6 is 12.2 Å². The number of likely N-dealkylation sites (N-methyl/N-ethyl adjacent to an activating group) is 1. The van der Waals surface area contributed by atoms with E-state index in [1.807, 2.05) is 0 Å². The van der Waals surface area contributed by atoms with Gasteiger partial charge in [0.2, 0.25) is 0 Å². The van der Waals surface area contributed by atoms with Gasteiger partial charge in [0.1, 0.15) is 0 Å². The van der Waals surface area contributed by atoms with Crippen molar-refractivity contribution in [2.75, 3.05) is 33.9 Å². The molecule has 0 saturated carbocycles. The molecule has 88 valence electrons. The summed E-state index contributed by atoms with van der Waals surface area (Å²) in [6.45, 7) is 4.94. The van der Waals surface area contributed by atoms with Crippen molar-refractivity contribution in [1.82, 2.24) is 15.5 Å². The first-order valence-corrected chi connectivity index (χ1v) is 5.77. The Bertz CT molecular complexity index is 213. The highest BCUT2D eigenvalue weighted by atomic mass is 32.1. The standard InChI is InChI=1S/C10H21N3OS/c1-8(7-14-3)11-10(15)12-9-4-5-13(2)6-9/h8-9H,4-7H2,1-3H3,(H2,11,12,15). The Balaban J connectivity index is 2.18. The molecule has 0 aliphatic carbocycles. The zero-order chi connectivity index (χ0) is 11.3. The Morgan fingerprint density at radius 2 is 2.40 bits per heavy atom. The second kappa shape index (κ2) is 6.25. The van der Waals surface area contributed by atoms with Crippen molar-refractivity contribution in [1.29, 1.82) is 0 Å². The predicted molar refractivity (Wildman–Crippen MR) is 66.1 cm³/mol. The summed E-state index contributed by atoms with van der Waals surface area (Å²) < 4.78 is 5.03. The summed E-state index contributed by atoms with van der Waals surface area (Å²) in [6.07, 6.45) is 1.16. The summed E-state index contributed by atoms with van der Waals surface area (Å²) >= 11 is 5.22. The maximum Gasteiger partial charge on any atom is 0.166 e. The van der Waals surface area contributed by atoms with Gasteiger partial charge in [0, 0.05) is 25.7 Å². The molecular weight excluding hydrogens is 210 g/mol. The van der Waals surface area contributed by atoms with Gasteiger partial charge in [-0.15, -0.1) is 0 Å². The van der Waals surface area contributed by atoms with Crippen LogP contribution in [0.3, 0.4) is 0 Å². The number of thiocarbonyl (C=S) groups is 1. The summed E-state index contributed by atoms with van der Waals surface area (Å²) in [5.41, 5.74) is 0. The Labute approximate surface area is 97.3 Å². The van der Waals surface area contributed by atoms with Crippen LogP contribution in [0, 0.1) is 0 Å². The number of methoxy groups -OCH3 is 1. The van der Waals surface area contributed by atoms with Crippen molar-refractivity contribution in [3.63, 3.8) is 0 Å². The first-order chi connectivity index (χ1) is 7.11. The molecule has 2 unspecified atom stereocenters. The van der Waals surface area contributed by atoms with Crippen LogP contribution in [-0.4, -0.2) is 55.9 Å². The molecule has 1 rings (SSSR count). The molecule has 4 nitrogen and oxygen atoms in total. The van der Waals surface area contributed by atoms with Gasteiger partial charge in [0.25, 0.3) is 0 Å². The highest BCUT2D eigenvalue weighted by Gasteiger charge is 2.19. The Morgan fingerprint density at radius 1 is 1.67 bits per heavy atom. The molecule has 2 atom stereocenters. The molecule has 1 fully saturated rings. The van der Waals surface area contributed by atoms with Gasteiger partial charge in [-0.3, -0.25) is 0 Å². The van der Waals surface area contributed by atoms with Gasteiger partial charge in [-0.05, 0) is 39.2 Å². The van der Waals surface area contributed by atoms with Gasteiger partial charge in [-0.25, -0.2) is 0 Å². The lowest BCUT2D eigenvalue weighted by Crippen LogP contribution is -2.47. The Hall–Kier alpha value is -0.390. The summed E-state index contributed by atoms with van der Waals surface area (Å²) in [4.78, 5) is 2.30. The van der Waals surface area contributed by atoms with Crippen molar-refractivity contribution in [3.8, 4) is 0 Å². The molecule has 1 aliphatic heterocycles. The smallest absolute Gasteiger partial charge is 0.166 e. The zero-order valence-corrected chi connectivity index (χ0v) is 10.6. The van der Waals surface area contributed by atoms with E-state index in [2.05, 4.69) is 29.5 Å². The van der Waals surface area contributed by atoms with E-state index in [1.165, 1.54) is 0 Å². The van der Waals surface area contributed by atoms with Crippen molar-refractivity contribution in [2.45, 2.75) is 25.4 Å². The first-order valence-electron chi connectivity index (χ1n) is 5.36. The summed E-state index contributed by atoms with van der Waals surface area (Å²) in [6, 6.07) is 0.749. The normalized spacial score (nSPS) is 23.8. The summed E-state index contributed by atoms with van der Waals surface area (Å²) in [7, 11) is 3.83. The minimum absolute atomic E-state index is 0.258. The van der Waals surface area contributed by atoms with E-state index >= 15 is 0 Å². The molecule has 0 amide bonds. The van der Waals surface area contributed by atoms with Gasteiger partial charge in [0.05, 0.1) is 6.61 Å². The van der Waals surface area contributed by atoms with Crippen molar-refractivity contribution in [3.05, 3.63) is 0 Å². The summed E-state index contributed by atoms with van der Waals surface area (Å²) in [5, 5.41) is 7.26. The monoisotopic (exact) mass is 231 g/mol. The lowest BCUT2D eigenvalue weighted by molar-refractivity contribution is 0.179. The van der Waals surface area contributed by atoms with E-state index in [4.69, 9.17) is 17.0 Å². The fourth-order valence-corrected chi connectivity index (χ4v) is 2.16. The van der Waals surface area contributed by atoms with E-state index in [0.29, 0.717) is 12.6 Å². The highest BCUT2D eigenvalue weighted by molar-refractivity contribution is 7.80. The van der Waals surface area contributed by atoms with Crippen LogP contribution in [-0.2, 0) is 4.74 Å². The van der Waals surface area contributed by atoms with Gasteiger partial charge < -0.3 is 20.3 Å². The van der Waals surface area contributed by atoms with Gasteiger partial charge >= 0.3 is 0 Å². The molecule has 1 saturated heterocycles. The number of ether oxygens (including phenoxy) is 1. The number of hydrogen-bond donors (Lipinski definition) is 2. The average Bonchev–Trinajstić information content (AvgIpc) is 2.51. The molecule has 0 aromatic heterocycles. The van der Waals surface area contributed by atoms with Crippen molar-refractivity contribution >= 4 is 17.3 Å². The van der Waals surface area contributed by atoms with Crippen LogP contribution in [0.4, 0.5) is 0 Å². The molecule has 1 heterocycles. The van der Waals surface area contributed by atoms with Crippen LogP contribution in [0.5, 0.6) is 0 Å². The maximum absolute atomic E-state index is 5.22. The number of hydrogen-bond acceptors (Lipinski definition) is 3. The number of likely N-dealkylation sites (tertiary alicyclic amines) is 1.